The molecule has 6 heteroatoms. The highest BCUT2D eigenvalue weighted by molar-refractivity contribution is 5.65. The zero-order valence-electron chi connectivity index (χ0n) is 10.3. The lowest BCUT2D eigenvalue weighted by atomic mass is 9.97. The molecule has 2 fully saturated rings. The number of piperidine rings is 1. The molecule has 0 aliphatic carbocycles. The van der Waals surface area contributed by atoms with Crippen LogP contribution in [-0.2, 0) is 19.0 Å². The van der Waals surface area contributed by atoms with Gasteiger partial charge in [-0.3, -0.25) is 4.79 Å². The van der Waals surface area contributed by atoms with E-state index in [0.29, 0.717) is 6.54 Å². The second-order valence-electron chi connectivity index (χ2n) is 4.95. The van der Waals surface area contributed by atoms with Gasteiger partial charge in [-0.05, 0) is 13.8 Å². The molecule has 2 saturated heterocycles. The van der Waals surface area contributed by atoms with E-state index in [1.807, 2.05) is 0 Å². The van der Waals surface area contributed by atoms with Gasteiger partial charge in [0.25, 0.3) is 0 Å². The first-order valence-corrected chi connectivity index (χ1v) is 5.79. The highest BCUT2D eigenvalue weighted by Gasteiger charge is 2.50. The number of nitrogens with one attached hydrogen (secondary N) is 1. The van der Waals surface area contributed by atoms with Crippen molar-refractivity contribution in [3.63, 3.8) is 0 Å². The predicted octanol–water partition coefficient (Wildman–Crippen LogP) is -0.598. The number of ether oxygens (including phenoxy) is 3. The molecule has 4 atom stereocenters. The maximum absolute atomic E-state index is 10.8. The fourth-order valence-corrected chi connectivity index (χ4v) is 2.29. The summed E-state index contributed by atoms with van der Waals surface area (Å²) in [6, 6.07) is -0.144. The third kappa shape index (κ3) is 2.77. The Morgan fingerprint density at radius 2 is 2.12 bits per heavy atom. The standard InChI is InChI=1S/C11H19NO5/c1-6(13)15-5-7-9-10(8(14)4-12-7)17-11(2,3)16-9/h7-10,12,14H,4-5H2,1-3H3/t7-,8-,9-,10-/m1/s1. The summed E-state index contributed by atoms with van der Waals surface area (Å²) < 4.78 is 16.4. The smallest absolute Gasteiger partial charge is 0.302 e. The lowest BCUT2D eigenvalue weighted by Gasteiger charge is -2.34. The van der Waals surface area contributed by atoms with E-state index < -0.39 is 11.9 Å². The summed E-state index contributed by atoms with van der Waals surface area (Å²) in [4.78, 5) is 10.8. The lowest BCUT2D eigenvalue weighted by molar-refractivity contribution is -0.154. The third-order valence-corrected chi connectivity index (χ3v) is 2.99. The summed E-state index contributed by atoms with van der Waals surface area (Å²) in [5.41, 5.74) is 0. The van der Waals surface area contributed by atoms with Crippen LogP contribution in [0, 0.1) is 0 Å². The van der Waals surface area contributed by atoms with Crippen LogP contribution in [0.25, 0.3) is 0 Å². The van der Waals surface area contributed by atoms with Gasteiger partial charge in [0.2, 0.25) is 0 Å². The Morgan fingerprint density at radius 1 is 1.47 bits per heavy atom. The number of carbonyl (C=O) groups is 1. The molecule has 2 rings (SSSR count). The molecular formula is C11H19NO5. The van der Waals surface area contributed by atoms with Crippen LogP contribution >= 0.6 is 0 Å². The molecule has 0 spiro atoms. The Kier molecular flexibility index (Phi) is 3.40. The fraction of sp³-hybridized carbons (Fsp3) is 0.909. The Morgan fingerprint density at radius 3 is 2.76 bits per heavy atom. The van der Waals surface area contributed by atoms with Gasteiger partial charge in [0.15, 0.2) is 5.79 Å². The maximum Gasteiger partial charge on any atom is 0.302 e. The Balaban J connectivity index is 2.02. The zero-order chi connectivity index (χ0) is 12.6. The number of rotatable bonds is 2. The monoisotopic (exact) mass is 245 g/mol. The van der Waals surface area contributed by atoms with Crippen LogP contribution in [-0.4, -0.2) is 54.4 Å². The number of hydrogen-bond acceptors (Lipinski definition) is 6. The second kappa shape index (κ2) is 4.53. The first-order chi connectivity index (χ1) is 7.89. The van der Waals surface area contributed by atoms with Crippen molar-refractivity contribution in [2.24, 2.45) is 0 Å². The molecule has 0 saturated carbocycles. The number of hydrogen-bond donors (Lipinski definition) is 2. The first kappa shape index (κ1) is 12.8. The van der Waals surface area contributed by atoms with Gasteiger partial charge in [0.1, 0.15) is 18.8 Å². The summed E-state index contributed by atoms with van der Waals surface area (Å²) in [5.74, 6) is -1.04. The van der Waals surface area contributed by atoms with Crippen molar-refractivity contribution >= 4 is 5.97 Å². The van der Waals surface area contributed by atoms with Crippen molar-refractivity contribution in [3.05, 3.63) is 0 Å². The fourth-order valence-electron chi connectivity index (χ4n) is 2.29. The summed E-state index contributed by atoms with van der Waals surface area (Å²) in [7, 11) is 0. The summed E-state index contributed by atoms with van der Waals surface area (Å²) in [5, 5.41) is 12.9. The topological polar surface area (TPSA) is 77.0 Å². The largest absolute Gasteiger partial charge is 0.464 e. The van der Waals surface area contributed by atoms with Gasteiger partial charge in [-0.15, -0.1) is 0 Å². The molecule has 2 aliphatic heterocycles. The number of β-amino-alcohol motifs (C(OH)–C–C–N with tert-alkyl or cyclic N) is 1. The van der Waals surface area contributed by atoms with Crippen molar-refractivity contribution in [1.29, 1.82) is 0 Å². The number of carbonyl (C=O) groups excluding carboxylic acids is 1. The van der Waals surface area contributed by atoms with E-state index in [1.165, 1.54) is 6.92 Å². The van der Waals surface area contributed by atoms with Gasteiger partial charge in [-0.1, -0.05) is 0 Å². The normalized spacial score (nSPS) is 39.8. The Bertz CT molecular complexity index is 306. The molecule has 0 aromatic heterocycles. The Hall–Kier alpha value is -0.690. The third-order valence-electron chi connectivity index (χ3n) is 2.99. The molecule has 0 aromatic carbocycles. The van der Waals surface area contributed by atoms with E-state index in [0.717, 1.165) is 0 Å². The SMILES string of the molecule is CC(=O)OC[C@H]1NC[C@@H](O)[C@H]2OC(C)(C)O[C@@H]21. The summed E-state index contributed by atoms with van der Waals surface area (Å²) in [6.07, 6.45) is -1.27. The van der Waals surface area contributed by atoms with E-state index in [1.54, 1.807) is 13.8 Å². The van der Waals surface area contributed by atoms with Crippen LogP contribution in [0.4, 0.5) is 0 Å². The predicted molar refractivity (Wildman–Crippen MR) is 58.3 cm³/mol. The van der Waals surface area contributed by atoms with Crippen LogP contribution in [0.3, 0.4) is 0 Å². The minimum atomic E-state index is -0.712. The van der Waals surface area contributed by atoms with E-state index in [4.69, 9.17) is 14.2 Å². The van der Waals surface area contributed by atoms with Crippen molar-refractivity contribution < 1.29 is 24.1 Å². The molecule has 0 bridgehead atoms. The van der Waals surface area contributed by atoms with Gasteiger partial charge in [-0.25, -0.2) is 0 Å². The molecule has 2 aliphatic rings. The second-order valence-corrected chi connectivity index (χ2v) is 4.95. The average molecular weight is 245 g/mol. The molecule has 6 nitrogen and oxygen atoms in total. The van der Waals surface area contributed by atoms with E-state index in [-0.39, 0.29) is 30.8 Å². The van der Waals surface area contributed by atoms with Gasteiger partial charge in [0, 0.05) is 13.5 Å². The summed E-state index contributed by atoms with van der Waals surface area (Å²) >= 11 is 0. The van der Waals surface area contributed by atoms with Crippen LogP contribution < -0.4 is 5.32 Å². The molecule has 17 heavy (non-hydrogen) atoms. The highest BCUT2D eigenvalue weighted by Crippen LogP contribution is 2.33. The van der Waals surface area contributed by atoms with Crippen molar-refractivity contribution in [2.75, 3.05) is 13.2 Å². The number of aliphatic hydroxyl groups is 1. The average Bonchev–Trinajstić information content (AvgIpc) is 2.53. The number of aliphatic hydroxyl groups excluding tert-OH is 1. The van der Waals surface area contributed by atoms with Gasteiger partial charge < -0.3 is 24.6 Å². The summed E-state index contributed by atoms with van der Waals surface area (Å²) in [6.45, 7) is 5.61. The molecule has 0 aromatic rings. The number of fused-ring (bicyclic) bond motifs is 1. The number of esters is 1. The van der Waals surface area contributed by atoms with Crippen molar-refractivity contribution in [2.45, 2.75) is 50.9 Å². The van der Waals surface area contributed by atoms with Crippen LogP contribution in [0.15, 0.2) is 0 Å². The van der Waals surface area contributed by atoms with Gasteiger partial charge in [0.05, 0.1) is 12.1 Å². The molecule has 2 N–H and O–H groups in total. The van der Waals surface area contributed by atoms with Crippen LogP contribution in [0.1, 0.15) is 20.8 Å². The molecule has 0 unspecified atom stereocenters. The van der Waals surface area contributed by atoms with Crippen LogP contribution in [0.2, 0.25) is 0 Å². The van der Waals surface area contributed by atoms with Crippen molar-refractivity contribution in [3.8, 4) is 0 Å². The van der Waals surface area contributed by atoms with Crippen molar-refractivity contribution in [1.82, 2.24) is 5.32 Å². The van der Waals surface area contributed by atoms with Crippen LogP contribution in [0.5, 0.6) is 0 Å². The molecule has 0 amide bonds. The minimum Gasteiger partial charge on any atom is -0.464 e. The lowest BCUT2D eigenvalue weighted by Crippen LogP contribution is -2.60. The van der Waals surface area contributed by atoms with Gasteiger partial charge in [-0.2, -0.15) is 0 Å². The molecular weight excluding hydrogens is 226 g/mol. The Labute approximate surface area is 100 Å². The van der Waals surface area contributed by atoms with E-state index >= 15 is 0 Å². The van der Waals surface area contributed by atoms with E-state index in [9.17, 15) is 9.90 Å². The molecule has 2 heterocycles. The van der Waals surface area contributed by atoms with E-state index in [2.05, 4.69) is 5.32 Å². The minimum absolute atomic E-state index is 0.144. The highest BCUT2D eigenvalue weighted by atomic mass is 16.8. The zero-order valence-corrected chi connectivity index (χ0v) is 10.3. The molecule has 0 radical (unpaired) electrons. The quantitative estimate of drug-likeness (QED) is 0.633. The first-order valence-electron chi connectivity index (χ1n) is 5.79. The van der Waals surface area contributed by atoms with Gasteiger partial charge >= 0.3 is 5.97 Å². The maximum atomic E-state index is 10.8. The molecule has 98 valence electrons.